The molecule has 7 heteroatoms. The highest BCUT2D eigenvalue weighted by Crippen LogP contribution is 2.25. The Bertz CT molecular complexity index is 765. The molecule has 1 aliphatic heterocycles. The lowest BCUT2D eigenvalue weighted by atomic mass is 10.2. The van der Waals surface area contributed by atoms with Gasteiger partial charge in [0, 0.05) is 37.6 Å². The van der Waals surface area contributed by atoms with Crippen LogP contribution in [0.25, 0.3) is 0 Å². The molecular weight excluding hydrogens is 394 g/mol. The molecule has 0 unspecified atom stereocenters. The van der Waals surface area contributed by atoms with Gasteiger partial charge in [-0.05, 0) is 42.0 Å². The third kappa shape index (κ3) is 5.06. The largest absolute Gasteiger partial charge is 0.368 e. The van der Waals surface area contributed by atoms with E-state index in [0.29, 0.717) is 28.9 Å². The predicted molar refractivity (Wildman–Crippen MR) is 108 cm³/mol. The van der Waals surface area contributed by atoms with Crippen LogP contribution in [0, 0.1) is 5.82 Å². The number of rotatable bonds is 5. The molecule has 1 aliphatic rings. The van der Waals surface area contributed by atoms with E-state index in [1.807, 2.05) is 17.0 Å². The summed E-state index contributed by atoms with van der Waals surface area (Å²) >= 11 is 13.5. The second-order valence-corrected chi connectivity index (χ2v) is 7.89. The molecule has 26 heavy (non-hydrogen) atoms. The molecule has 1 saturated heterocycles. The first-order valence-electron chi connectivity index (χ1n) is 8.33. The zero-order chi connectivity index (χ0) is 18.5. The number of benzene rings is 2. The number of carbonyl (C=O) groups is 1. The third-order valence-corrected chi connectivity index (χ3v) is 6.03. The quantitative estimate of drug-likeness (QED) is 0.709. The van der Waals surface area contributed by atoms with Crippen LogP contribution in [0.15, 0.2) is 42.5 Å². The van der Waals surface area contributed by atoms with Gasteiger partial charge >= 0.3 is 0 Å². The first-order chi connectivity index (χ1) is 12.5. The third-order valence-electron chi connectivity index (χ3n) is 4.30. The Kier molecular flexibility index (Phi) is 6.68. The van der Waals surface area contributed by atoms with E-state index in [2.05, 4.69) is 4.90 Å². The minimum absolute atomic E-state index is 0.147. The number of hydrogen-bond acceptors (Lipinski definition) is 3. The van der Waals surface area contributed by atoms with Crippen LogP contribution in [0.4, 0.5) is 10.1 Å². The Morgan fingerprint density at radius 3 is 2.35 bits per heavy atom. The van der Waals surface area contributed by atoms with Gasteiger partial charge < -0.3 is 9.80 Å². The zero-order valence-electron chi connectivity index (χ0n) is 14.1. The highest BCUT2D eigenvalue weighted by molar-refractivity contribution is 7.99. The summed E-state index contributed by atoms with van der Waals surface area (Å²) in [6, 6.07) is 12.0. The van der Waals surface area contributed by atoms with Crippen molar-refractivity contribution < 1.29 is 9.18 Å². The van der Waals surface area contributed by atoms with Crippen LogP contribution in [-0.2, 0) is 10.5 Å². The molecule has 3 rings (SSSR count). The molecule has 0 aromatic heterocycles. The van der Waals surface area contributed by atoms with Gasteiger partial charge in [-0.15, -0.1) is 11.8 Å². The summed E-state index contributed by atoms with van der Waals surface area (Å²) in [5.41, 5.74) is 2.05. The van der Waals surface area contributed by atoms with E-state index in [4.69, 9.17) is 23.2 Å². The second kappa shape index (κ2) is 8.98. The molecule has 0 radical (unpaired) electrons. The minimum Gasteiger partial charge on any atom is -0.368 e. The summed E-state index contributed by atoms with van der Waals surface area (Å²) in [6.07, 6.45) is 0. The van der Waals surface area contributed by atoms with Crippen LogP contribution < -0.4 is 4.90 Å². The maximum Gasteiger partial charge on any atom is 0.232 e. The lowest BCUT2D eigenvalue weighted by Gasteiger charge is -2.36. The number of anilines is 1. The minimum atomic E-state index is -0.235. The van der Waals surface area contributed by atoms with Gasteiger partial charge in [0.25, 0.3) is 0 Å². The van der Waals surface area contributed by atoms with Gasteiger partial charge in [-0.25, -0.2) is 4.39 Å². The van der Waals surface area contributed by atoms with Gasteiger partial charge in [0.1, 0.15) is 5.82 Å². The van der Waals surface area contributed by atoms with E-state index in [-0.39, 0.29) is 11.7 Å². The summed E-state index contributed by atoms with van der Waals surface area (Å²) in [5, 5.41) is 1.07. The molecule has 138 valence electrons. The average Bonchev–Trinajstić information content (AvgIpc) is 2.65. The Balaban J connectivity index is 1.43. The van der Waals surface area contributed by atoms with Crippen molar-refractivity contribution in [1.82, 2.24) is 4.90 Å². The normalized spacial score (nSPS) is 14.6. The molecule has 1 heterocycles. The van der Waals surface area contributed by atoms with E-state index in [1.54, 1.807) is 30.0 Å². The van der Waals surface area contributed by atoms with Crippen LogP contribution in [0.1, 0.15) is 5.56 Å². The smallest absolute Gasteiger partial charge is 0.232 e. The SMILES string of the molecule is O=C(CSCc1ccc(Cl)c(Cl)c1)N1CCN(c2ccc(F)cc2)CC1. The molecule has 0 spiro atoms. The molecule has 0 saturated carbocycles. The number of carbonyl (C=O) groups excluding carboxylic acids is 1. The standard InChI is InChI=1S/C19H19Cl2FN2OS/c20-17-6-1-14(11-18(17)21)12-26-13-19(25)24-9-7-23(8-10-24)16-4-2-15(22)3-5-16/h1-6,11H,7-10,12-13H2. The van der Waals surface area contributed by atoms with E-state index in [1.165, 1.54) is 12.1 Å². The van der Waals surface area contributed by atoms with E-state index < -0.39 is 0 Å². The van der Waals surface area contributed by atoms with Crippen LogP contribution in [0.3, 0.4) is 0 Å². The number of halogens is 3. The second-order valence-electron chi connectivity index (χ2n) is 6.09. The summed E-state index contributed by atoms with van der Waals surface area (Å²) in [6.45, 7) is 2.89. The molecule has 2 aromatic rings. The maximum atomic E-state index is 13.0. The summed E-state index contributed by atoms with van der Waals surface area (Å²) < 4.78 is 13.0. The van der Waals surface area contributed by atoms with E-state index in [0.717, 1.165) is 30.1 Å². The van der Waals surface area contributed by atoms with Gasteiger partial charge in [0.15, 0.2) is 0 Å². The molecule has 2 aromatic carbocycles. The molecule has 1 fully saturated rings. The van der Waals surface area contributed by atoms with Gasteiger partial charge in [-0.1, -0.05) is 29.3 Å². The van der Waals surface area contributed by atoms with Crippen molar-refractivity contribution in [3.8, 4) is 0 Å². The van der Waals surface area contributed by atoms with Crippen LogP contribution >= 0.6 is 35.0 Å². The molecule has 0 bridgehead atoms. The van der Waals surface area contributed by atoms with E-state index >= 15 is 0 Å². The van der Waals surface area contributed by atoms with Crippen LogP contribution in [-0.4, -0.2) is 42.7 Å². The number of piperazine rings is 1. The maximum absolute atomic E-state index is 13.0. The Labute approximate surface area is 167 Å². The monoisotopic (exact) mass is 412 g/mol. The van der Waals surface area contributed by atoms with E-state index in [9.17, 15) is 9.18 Å². The van der Waals surface area contributed by atoms with Crippen molar-refractivity contribution in [2.75, 3.05) is 36.8 Å². The fraction of sp³-hybridized carbons (Fsp3) is 0.316. The topological polar surface area (TPSA) is 23.6 Å². The van der Waals surface area contributed by atoms with Crippen molar-refractivity contribution in [2.45, 2.75) is 5.75 Å². The first-order valence-corrected chi connectivity index (χ1v) is 10.2. The molecule has 0 N–H and O–H groups in total. The molecular formula is C19H19Cl2FN2OS. The Morgan fingerprint density at radius 2 is 1.69 bits per heavy atom. The summed E-state index contributed by atoms with van der Waals surface area (Å²) in [7, 11) is 0. The summed E-state index contributed by atoms with van der Waals surface area (Å²) in [4.78, 5) is 16.5. The lowest BCUT2D eigenvalue weighted by Crippen LogP contribution is -2.49. The number of hydrogen-bond donors (Lipinski definition) is 0. The Morgan fingerprint density at radius 1 is 1.00 bits per heavy atom. The van der Waals surface area contributed by atoms with Gasteiger partial charge in [-0.3, -0.25) is 4.79 Å². The van der Waals surface area contributed by atoms with Crippen molar-refractivity contribution >= 4 is 46.6 Å². The van der Waals surface area contributed by atoms with Crippen LogP contribution in [0.5, 0.6) is 0 Å². The van der Waals surface area contributed by atoms with Gasteiger partial charge in [0.05, 0.1) is 15.8 Å². The van der Waals surface area contributed by atoms with Crippen molar-refractivity contribution in [3.63, 3.8) is 0 Å². The molecule has 3 nitrogen and oxygen atoms in total. The average molecular weight is 413 g/mol. The van der Waals surface area contributed by atoms with Crippen molar-refractivity contribution in [1.29, 1.82) is 0 Å². The number of amides is 1. The number of nitrogens with zero attached hydrogens (tertiary/aromatic N) is 2. The lowest BCUT2D eigenvalue weighted by molar-refractivity contribution is -0.128. The predicted octanol–water partition coefficient (Wildman–Crippen LogP) is 4.71. The highest BCUT2D eigenvalue weighted by Gasteiger charge is 2.21. The highest BCUT2D eigenvalue weighted by atomic mass is 35.5. The molecule has 0 aliphatic carbocycles. The Hall–Kier alpha value is -1.43. The summed E-state index contributed by atoms with van der Waals surface area (Å²) in [5.74, 6) is 1.07. The van der Waals surface area contributed by atoms with Crippen molar-refractivity contribution in [3.05, 3.63) is 63.9 Å². The first kappa shape index (κ1) is 19.3. The zero-order valence-corrected chi connectivity index (χ0v) is 16.5. The fourth-order valence-corrected chi connectivity index (χ4v) is 4.04. The van der Waals surface area contributed by atoms with Crippen LogP contribution in [0.2, 0.25) is 10.0 Å². The van der Waals surface area contributed by atoms with Crippen molar-refractivity contribution in [2.24, 2.45) is 0 Å². The number of thioether (sulfide) groups is 1. The molecule has 0 atom stereocenters. The van der Waals surface area contributed by atoms with Gasteiger partial charge in [-0.2, -0.15) is 0 Å². The molecule has 1 amide bonds. The fourth-order valence-electron chi connectivity index (χ4n) is 2.84. The van der Waals surface area contributed by atoms with Gasteiger partial charge in [0.2, 0.25) is 5.91 Å².